The molecule has 0 spiro atoms. The minimum Gasteiger partial charge on any atom is -0.339 e. The van der Waals surface area contributed by atoms with Gasteiger partial charge in [0.15, 0.2) is 0 Å². The first-order valence-corrected chi connectivity index (χ1v) is 10.7. The fourth-order valence-corrected chi connectivity index (χ4v) is 4.70. The second kappa shape index (κ2) is 8.76. The molecule has 2 aliphatic heterocycles. The van der Waals surface area contributed by atoms with Gasteiger partial charge in [-0.2, -0.15) is 0 Å². The Bertz CT molecular complexity index is 850. The number of hydrogen-bond donors (Lipinski definition) is 0. The molecular formula is C24H29N3O2. The second-order valence-electron chi connectivity index (χ2n) is 8.30. The topological polar surface area (TPSA) is 53.5 Å². The highest BCUT2D eigenvalue weighted by molar-refractivity contribution is 5.92. The third-order valence-corrected chi connectivity index (χ3v) is 6.31. The second-order valence-corrected chi connectivity index (χ2v) is 8.30. The number of nitrogens with zero attached hydrogens (tertiary/aromatic N) is 3. The van der Waals surface area contributed by atoms with Crippen molar-refractivity contribution in [2.24, 2.45) is 5.92 Å². The Morgan fingerprint density at radius 1 is 1.07 bits per heavy atom. The summed E-state index contributed by atoms with van der Waals surface area (Å²) < 4.78 is 0. The van der Waals surface area contributed by atoms with Crippen LogP contribution in [0.1, 0.15) is 47.3 Å². The maximum absolute atomic E-state index is 13.0. The number of amides is 2. The van der Waals surface area contributed by atoms with E-state index in [2.05, 4.69) is 41.1 Å². The molecule has 2 fully saturated rings. The van der Waals surface area contributed by atoms with E-state index in [1.165, 1.54) is 11.1 Å². The molecule has 0 N–H and O–H groups in total. The van der Waals surface area contributed by atoms with Gasteiger partial charge in [0.05, 0.1) is 0 Å². The Labute approximate surface area is 172 Å². The predicted molar refractivity (Wildman–Crippen MR) is 112 cm³/mol. The zero-order chi connectivity index (χ0) is 20.2. The van der Waals surface area contributed by atoms with E-state index < -0.39 is 0 Å². The van der Waals surface area contributed by atoms with Crippen molar-refractivity contribution in [3.8, 4) is 0 Å². The maximum Gasteiger partial charge on any atom is 0.272 e. The van der Waals surface area contributed by atoms with Crippen LogP contribution >= 0.6 is 0 Å². The van der Waals surface area contributed by atoms with Crippen molar-refractivity contribution < 1.29 is 9.59 Å². The van der Waals surface area contributed by atoms with E-state index in [-0.39, 0.29) is 17.9 Å². The number of likely N-dealkylation sites (tertiary alicyclic amines) is 2. The van der Waals surface area contributed by atoms with Crippen molar-refractivity contribution in [3.05, 3.63) is 65.5 Å². The Morgan fingerprint density at radius 2 is 1.90 bits per heavy atom. The molecule has 2 saturated heterocycles. The third-order valence-electron chi connectivity index (χ3n) is 6.31. The molecule has 2 amide bonds. The van der Waals surface area contributed by atoms with Crippen molar-refractivity contribution in [3.63, 3.8) is 0 Å². The van der Waals surface area contributed by atoms with Crippen LogP contribution in [-0.2, 0) is 11.2 Å². The normalized spacial score (nSPS) is 21.6. The molecule has 2 aliphatic rings. The van der Waals surface area contributed by atoms with Gasteiger partial charge in [-0.05, 0) is 56.2 Å². The molecule has 152 valence electrons. The monoisotopic (exact) mass is 391 g/mol. The average molecular weight is 392 g/mol. The van der Waals surface area contributed by atoms with Crippen LogP contribution in [0.3, 0.4) is 0 Å². The van der Waals surface area contributed by atoms with Crippen molar-refractivity contribution in [2.75, 3.05) is 19.6 Å². The van der Waals surface area contributed by atoms with Gasteiger partial charge in [0.2, 0.25) is 5.91 Å². The van der Waals surface area contributed by atoms with Crippen LogP contribution < -0.4 is 0 Å². The van der Waals surface area contributed by atoms with E-state index in [1.54, 1.807) is 12.3 Å². The van der Waals surface area contributed by atoms with Crippen molar-refractivity contribution in [2.45, 2.75) is 45.1 Å². The first kappa shape index (κ1) is 19.6. The predicted octanol–water partition coefficient (Wildman–Crippen LogP) is 3.48. The van der Waals surface area contributed by atoms with Gasteiger partial charge in [0, 0.05) is 38.3 Å². The highest BCUT2D eigenvalue weighted by Gasteiger charge is 2.39. The van der Waals surface area contributed by atoms with Gasteiger partial charge in [-0.3, -0.25) is 14.6 Å². The number of carbonyl (C=O) groups excluding carboxylic acids is 2. The van der Waals surface area contributed by atoms with Crippen LogP contribution in [-0.4, -0.2) is 52.3 Å². The molecule has 0 saturated carbocycles. The minimum absolute atomic E-state index is 0.00636. The van der Waals surface area contributed by atoms with E-state index >= 15 is 0 Å². The lowest BCUT2D eigenvalue weighted by Crippen LogP contribution is -2.56. The number of aryl methyl sites for hydroxylation is 2. The van der Waals surface area contributed by atoms with Crippen LogP contribution in [0.15, 0.2) is 48.7 Å². The Balaban J connectivity index is 1.36. The SMILES string of the molecule is Cc1ccc(CCC(=O)N2CCC[C@@H]3CN(C(=O)c4ccccn4)CC[C@@H]32)cc1. The standard InChI is InChI=1S/C24H29N3O2/c1-18-7-9-19(10-8-18)11-12-23(28)27-15-4-5-20-17-26(16-13-22(20)27)24(29)21-6-2-3-14-25-21/h2-3,6-10,14,20,22H,4-5,11-13,15-17H2,1H3/t20-,22+/m1/s1. The van der Waals surface area contributed by atoms with Crippen LogP contribution in [0, 0.1) is 12.8 Å². The van der Waals surface area contributed by atoms with Crippen LogP contribution in [0.2, 0.25) is 0 Å². The molecule has 4 rings (SSSR count). The van der Waals surface area contributed by atoms with Gasteiger partial charge in [-0.15, -0.1) is 0 Å². The number of fused-ring (bicyclic) bond motifs is 1. The first-order chi connectivity index (χ1) is 14.1. The Hall–Kier alpha value is -2.69. The van der Waals surface area contributed by atoms with Gasteiger partial charge in [-0.1, -0.05) is 35.9 Å². The average Bonchev–Trinajstić information content (AvgIpc) is 2.77. The van der Waals surface area contributed by atoms with Gasteiger partial charge in [0.25, 0.3) is 5.91 Å². The lowest BCUT2D eigenvalue weighted by molar-refractivity contribution is -0.137. The van der Waals surface area contributed by atoms with E-state index in [9.17, 15) is 9.59 Å². The summed E-state index contributed by atoms with van der Waals surface area (Å²) in [6.07, 6.45) is 5.97. The van der Waals surface area contributed by atoms with E-state index in [4.69, 9.17) is 0 Å². The summed E-state index contributed by atoms with van der Waals surface area (Å²) in [4.78, 5) is 33.9. The first-order valence-electron chi connectivity index (χ1n) is 10.7. The van der Waals surface area contributed by atoms with Crippen LogP contribution in [0.5, 0.6) is 0 Å². The van der Waals surface area contributed by atoms with Gasteiger partial charge in [0.1, 0.15) is 5.69 Å². The quantitative estimate of drug-likeness (QED) is 0.802. The summed E-state index contributed by atoms with van der Waals surface area (Å²) >= 11 is 0. The number of benzene rings is 1. The van der Waals surface area contributed by atoms with Gasteiger partial charge < -0.3 is 9.80 Å². The van der Waals surface area contributed by atoms with E-state index in [1.807, 2.05) is 17.0 Å². The molecule has 1 aromatic carbocycles. The molecule has 5 nitrogen and oxygen atoms in total. The van der Waals surface area contributed by atoms with Crippen molar-refractivity contribution >= 4 is 11.8 Å². The summed E-state index contributed by atoms with van der Waals surface area (Å²) in [5.74, 6) is 0.630. The zero-order valence-electron chi connectivity index (χ0n) is 17.1. The van der Waals surface area contributed by atoms with Crippen molar-refractivity contribution in [1.29, 1.82) is 0 Å². The molecule has 1 aromatic heterocycles. The maximum atomic E-state index is 13.0. The summed E-state index contributed by atoms with van der Waals surface area (Å²) in [6.45, 7) is 4.34. The van der Waals surface area contributed by atoms with Crippen LogP contribution in [0.25, 0.3) is 0 Å². The minimum atomic E-state index is 0.00636. The third kappa shape index (κ3) is 4.50. The highest BCUT2D eigenvalue weighted by atomic mass is 16.2. The molecule has 5 heteroatoms. The fraction of sp³-hybridized carbons (Fsp3) is 0.458. The van der Waals surface area contributed by atoms with Gasteiger partial charge in [-0.25, -0.2) is 0 Å². The largest absolute Gasteiger partial charge is 0.339 e. The number of rotatable bonds is 4. The van der Waals surface area contributed by atoms with E-state index in [0.29, 0.717) is 24.6 Å². The molecule has 0 bridgehead atoms. The summed E-state index contributed by atoms with van der Waals surface area (Å²) in [7, 11) is 0. The van der Waals surface area contributed by atoms with Gasteiger partial charge >= 0.3 is 0 Å². The number of aromatic nitrogens is 1. The molecule has 0 aliphatic carbocycles. The highest BCUT2D eigenvalue weighted by Crippen LogP contribution is 2.31. The molecule has 2 aromatic rings. The van der Waals surface area contributed by atoms with E-state index in [0.717, 1.165) is 38.8 Å². The fourth-order valence-electron chi connectivity index (χ4n) is 4.70. The molecular weight excluding hydrogens is 362 g/mol. The number of hydrogen-bond acceptors (Lipinski definition) is 3. The molecule has 0 unspecified atom stereocenters. The molecule has 0 radical (unpaired) electrons. The summed E-state index contributed by atoms with van der Waals surface area (Å²) in [5.41, 5.74) is 2.96. The van der Waals surface area contributed by atoms with Crippen molar-refractivity contribution in [1.82, 2.24) is 14.8 Å². The molecule has 3 heterocycles. The molecule has 2 atom stereocenters. The Morgan fingerprint density at radius 3 is 2.66 bits per heavy atom. The van der Waals surface area contributed by atoms with Crippen LogP contribution in [0.4, 0.5) is 0 Å². The number of pyridine rings is 1. The Kier molecular flexibility index (Phi) is 5.93. The number of carbonyl (C=O) groups is 2. The summed E-state index contributed by atoms with van der Waals surface area (Å²) in [6, 6.07) is 14.1. The molecule has 29 heavy (non-hydrogen) atoms. The zero-order valence-corrected chi connectivity index (χ0v) is 17.1. The smallest absolute Gasteiger partial charge is 0.272 e. The lowest BCUT2D eigenvalue weighted by atomic mass is 9.83. The summed E-state index contributed by atoms with van der Waals surface area (Å²) in [5, 5.41) is 0. The lowest BCUT2D eigenvalue weighted by Gasteiger charge is -2.47. The number of piperidine rings is 2.